The van der Waals surface area contributed by atoms with Crippen molar-refractivity contribution in [3.8, 4) is 0 Å². The zero-order chi connectivity index (χ0) is 49.2. The summed E-state index contributed by atoms with van der Waals surface area (Å²) in [6.45, 7) is 14.3. The third-order valence-electron chi connectivity index (χ3n) is 9.91. The Hall–Kier alpha value is -5.15. The van der Waals surface area contributed by atoms with E-state index in [0.29, 0.717) is 35.9 Å². The molecule has 2 atom stereocenters. The highest BCUT2D eigenvalue weighted by Crippen LogP contribution is 2.38. The molecule has 0 bridgehead atoms. The van der Waals surface area contributed by atoms with Crippen LogP contribution in [0.1, 0.15) is 92.7 Å². The lowest BCUT2D eigenvalue weighted by Gasteiger charge is -2.33. The number of anilines is 3. The van der Waals surface area contributed by atoms with E-state index < -0.39 is 117 Å². The quantitative estimate of drug-likeness (QED) is 0.0708. The summed E-state index contributed by atoms with van der Waals surface area (Å²) in [7, 11) is -3.76. The third-order valence-corrected chi connectivity index (χ3v) is 12.4. The van der Waals surface area contributed by atoms with Gasteiger partial charge in [0.25, 0.3) is 0 Å². The Morgan fingerprint density at radius 3 is 1.35 bits per heavy atom. The van der Waals surface area contributed by atoms with Crippen LogP contribution in [-0.2, 0) is 45.6 Å². The number of rotatable bonds is 10. The molecule has 22 heteroatoms. The number of fused-ring (bicyclic) bond motifs is 2. The summed E-state index contributed by atoms with van der Waals surface area (Å²) >= 11 is 0. The van der Waals surface area contributed by atoms with Crippen molar-refractivity contribution in [1.29, 1.82) is 0 Å². The van der Waals surface area contributed by atoms with Crippen LogP contribution in [0.2, 0.25) is 0 Å². The molecule has 65 heavy (non-hydrogen) atoms. The molecule has 0 radical (unpaired) electrons. The average molecular weight is 984 g/mol. The smallest absolute Gasteiger partial charge is 0.414 e. The minimum atomic E-state index is -4.31. The number of carbonyl (C=O) groups is 2. The Balaban J connectivity index is 0.000000236. The molecule has 4 aromatic rings. The van der Waals surface area contributed by atoms with Crippen LogP contribution >= 0.6 is 10.7 Å². The van der Waals surface area contributed by atoms with Crippen LogP contribution in [0.3, 0.4) is 0 Å². The Kier molecular flexibility index (Phi) is 16.6. The van der Waals surface area contributed by atoms with Crippen molar-refractivity contribution < 1.29 is 71.0 Å². The van der Waals surface area contributed by atoms with E-state index in [2.05, 4.69) is 13.8 Å². The second kappa shape index (κ2) is 20.6. The van der Waals surface area contributed by atoms with Crippen molar-refractivity contribution in [3.63, 3.8) is 0 Å². The van der Waals surface area contributed by atoms with E-state index in [1.165, 1.54) is 11.0 Å². The lowest BCUT2D eigenvalue weighted by molar-refractivity contribution is 0.106. The van der Waals surface area contributed by atoms with E-state index in [-0.39, 0.29) is 23.7 Å². The monoisotopic (exact) mass is 983 g/mol. The van der Waals surface area contributed by atoms with Crippen LogP contribution in [-0.4, -0.2) is 42.1 Å². The van der Waals surface area contributed by atoms with Gasteiger partial charge in [-0.1, -0.05) is 33.8 Å². The number of nitrogens with two attached hydrogens (primary N) is 1. The number of nitrogens with zero attached hydrogens (tertiary/aromatic N) is 2. The van der Waals surface area contributed by atoms with E-state index in [9.17, 15) is 61.5 Å². The van der Waals surface area contributed by atoms with E-state index in [4.69, 9.17) is 25.9 Å². The second-order valence-electron chi connectivity index (χ2n) is 16.2. The zero-order valence-electron chi connectivity index (χ0n) is 36.3. The molecule has 4 aromatic carbocycles. The van der Waals surface area contributed by atoms with Crippen molar-refractivity contribution in [2.24, 2.45) is 11.8 Å². The van der Waals surface area contributed by atoms with Gasteiger partial charge in [-0.2, -0.15) is 0 Å². The first-order valence-corrected chi connectivity index (χ1v) is 24.0. The Morgan fingerprint density at radius 2 is 0.969 bits per heavy atom. The molecular weight excluding hydrogens is 938 g/mol. The van der Waals surface area contributed by atoms with Crippen molar-refractivity contribution in [3.05, 3.63) is 122 Å². The number of sulfone groups is 1. The van der Waals surface area contributed by atoms with Crippen molar-refractivity contribution in [1.82, 2.24) is 0 Å². The summed E-state index contributed by atoms with van der Waals surface area (Å²) < 4.78 is 165. The van der Waals surface area contributed by atoms with Gasteiger partial charge in [0.15, 0.2) is 56.4 Å². The van der Waals surface area contributed by atoms with E-state index in [1.807, 2.05) is 39.0 Å². The third kappa shape index (κ3) is 12.4. The first-order valence-electron chi connectivity index (χ1n) is 19.7. The van der Waals surface area contributed by atoms with Gasteiger partial charge < -0.3 is 15.2 Å². The summed E-state index contributed by atoms with van der Waals surface area (Å²) in [6.07, 6.45) is -1.64. The molecular formula is C43H46ClF8N3O8S2. The molecule has 0 aromatic heterocycles. The predicted molar refractivity (Wildman–Crippen MR) is 228 cm³/mol. The van der Waals surface area contributed by atoms with Crippen LogP contribution in [0.5, 0.6) is 0 Å². The Labute approximate surface area is 375 Å². The molecule has 2 amide bonds. The highest BCUT2D eigenvalue weighted by molar-refractivity contribution is 8.13. The topological polar surface area (TPSA) is 153 Å². The molecule has 2 aliphatic heterocycles. The Bertz CT molecular complexity index is 2670. The van der Waals surface area contributed by atoms with Crippen molar-refractivity contribution in [2.45, 2.75) is 84.9 Å². The number of amides is 2. The van der Waals surface area contributed by atoms with Crippen LogP contribution in [0.4, 0.5) is 61.8 Å². The molecule has 2 N–H and O–H groups in total. The van der Waals surface area contributed by atoms with Gasteiger partial charge >= 0.3 is 12.2 Å². The number of hydrogen-bond donors (Lipinski definition) is 1. The van der Waals surface area contributed by atoms with E-state index in [1.54, 1.807) is 24.0 Å². The normalized spacial score (nSPS) is 16.0. The largest absolute Gasteiger partial charge is 0.441 e. The molecule has 11 nitrogen and oxygen atoms in total. The second-order valence-corrected chi connectivity index (χ2v) is 21.0. The van der Waals surface area contributed by atoms with Crippen molar-refractivity contribution in [2.75, 3.05) is 28.6 Å². The minimum absolute atomic E-state index is 0.156. The molecule has 2 unspecified atom stereocenters. The molecule has 0 aliphatic carbocycles. The summed E-state index contributed by atoms with van der Waals surface area (Å²) in [5.74, 6) is -16.1. The van der Waals surface area contributed by atoms with Gasteiger partial charge in [0.05, 0.1) is 28.6 Å². The van der Waals surface area contributed by atoms with Crippen LogP contribution in [0.25, 0.3) is 0 Å². The summed E-state index contributed by atoms with van der Waals surface area (Å²) in [5, 5.41) is 0. The lowest BCUT2D eigenvalue weighted by atomic mass is 10.0. The molecule has 356 valence electrons. The lowest BCUT2D eigenvalue weighted by Crippen LogP contribution is -2.39. The fourth-order valence-corrected chi connectivity index (χ4v) is 9.17. The maximum Gasteiger partial charge on any atom is 0.414 e. The van der Waals surface area contributed by atoms with E-state index >= 15 is 0 Å². The van der Waals surface area contributed by atoms with Crippen LogP contribution < -0.4 is 15.5 Å². The van der Waals surface area contributed by atoms with E-state index in [0.717, 1.165) is 25.1 Å². The summed E-state index contributed by atoms with van der Waals surface area (Å²) in [5.41, 5.74) is 5.68. The molecule has 0 fully saturated rings. The molecule has 6 rings (SSSR count). The zero-order valence-corrected chi connectivity index (χ0v) is 38.7. The maximum absolute atomic E-state index is 14.1. The number of carbonyl (C=O) groups excluding carboxylic acids is 2. The first kappa shape index (κ1) is 52.5. The standard InChI is InChI=1S/C22H23F4NO4S.C13H18N2O2.C8H5ClF4O2S/c1-11(2)8-27-17-6-5-14(7-15(17)13(4)31-22(27)28)9-32(29,30)10-16-20(25)18(23)12(3)19(24)21(16)26;1-8(2)7-15-12-5-4-10(14)6-11(12)9(3)17-13(15)16;1-3-5(10)7(12)4(2-16(9,14)15)8(13)6(3)11/h5-7,11,13H,8-10H2,1-4H3;4-6,8-9H,7,14H2,1-3H3;2H2,1H3. The highest BCUT2D eigenvalue weighted by Gasteiger charge is 2.33. The van der Waals surface area contributed by atoms with Crippen LogP contribution in [0.15, 0.2) is 36.4 Å². The van der Waals surface area contributed by atoms with Gasteiger partial charge in [0.1, 0.15) is 12.2 Å². The maximum atomic E-state index is 14.1. The predicted octanol–water partition coefficient (Wildman–Crippen LogP) is 10.9. The van der Waals surface area contributed by atoms with Crippen LogP contribution in [0, 0.1) is 72.2 Å². The number of cyclic esters (lactones) is 2. The van der Waals surface area contributed by atoms with Gasteiger partial charge in [-0.3, -0.25) is 9.80 Å². The number of halogens is 9. The van der Waals surface area contributed by atoms with Gasteiger partial charge in [0, 0.05) is 62.8 Å². The summed E-state index contributed by atoms with van der Waals surface area (Å²) in [6, 6.07) is 10.2. The number of ether oxygens (including phenoxy) is 2. The van der Waals surface area contributed by atoms with Crippen molar-refractivity contribution >= 4 is 58.8 Å². The minimum Gasteiger partial charge on any atom is -0.441 e. The molecule has 0 saturated heterocycles. The summed E-state index contributed by atoms with van der Waals surface area (Å²) in [4.78, 5) is 27.2. The Morgan fingerprint density at radius 1 is 0.600 bits per heavy atom. The van der Waals surface area contributed by atoms with Gasteiger partial charge in [-0.15, -0.1) is 0 Å². The fourth-order valence-electron chi connectivity index (χ4n) is 6.76. The number of nitrogen functional groups attached to an aromatic ring is 1. The first-order chi connectivity index (χ1) is 30.0. The average Bonchev–Trinajstić information content (AvgIpc) is 3.21. The molecule has 2 aliphatic rings. The fraction of sp³-hybridized carbons (Fsp3) is 0.395. The van der Waals surface area contributed by atoms with Gasteiger partial charge in [-0.25, -0.2) is 61.5 Å². The molecule has 0 spiro atoms. The number of hydrogen-bond acceptors (Lipinski definition) is 9. The molecule has 0 saturated carbocycles. The SMILES string of the molecule is CC(C)CN1C(=O)OC(C)c2cc(N)ccc21.Cc1c(F)c(F)c(CS(=O)(=O)Cc2ccc3c(c2)C(C)OC(=O)N3CC(C)C)c(F)c1F.Cc1c(F)c(F)c(CS(=O)(=O)Cl)c(F)c1F. The number of benzene rings is 4. The van der Waals surface area contributed by atoms with Gasteiger partial charge in [-0.05, 0) is 75.4 Å². The van der Waals surface area contributed by atoms with Gasteiger partial charge in [0.2, 0.25) is 9.05 Å². The molecule has 2 heterocycles. The highest BCUT2D eigenvalue weighted by atomic mass is 35.7.